The lowest BCUT2D eigenvalue weighted by Gasteiger charge is -2.27. The summed E-state index contributed by atoms with van der Waals surface area (Å²) in [5, 5.41) is 9.66. The summed E-state index contributed by atoms with van der Waals surface area (Å²) < 4.78 is 5.02. The van der Waals surface area contributed by atoms with Crippen LogP contribution in [0, 0.1) is 5.41 Å². The van der Waals surface area contributed by atoms with Crippen LogP contribution in [-0.2, 0) is 20.7 Å². The largest absolute Gasteiger partial charge is 0.480 e. The molecule has 1 atom stereocenters. The Morgan fingerprint density at radius 3 is 2.38 bits per heavy atom. The Bertz CT molecular complexity index is 507. The van der Waals surface area contributed by atoms with Crippen LogP contribution in [0.3, 0.4) is 0 Å². The molecule has 0 fully saturated rings. The van der Waals surface area contributed by atoms with Crippen molar-refractivity contribution < 1.29 is 19.4 Å². The first-order chi connectivity index (χ1) is 9.92. The van der Waals surface area contributed by atoms with Crippen LogP contribution in [-0.4, -0.2) is 23.7 Å². The molecule has 0 amide bonds. The SMILES string of the molecule is C=C(C)CCC(Cc1ccccc1)(C(=O)O)C(=O)OCC. The lowest BCUT2D eigenvalue weighted by Crippen LogP contribution is -2.42. The zero-order valence-corrected chi connectivity index (χ0v) is 12.6. The second-order valence-corrected chi connectivity index (χ2v) is 5.23. The quantitative estimate of drug-likeness (QED) is 0.453. The molecule has 1 N–H and O–H groups in total. The van der Waals surface area contributed by atoms with Crippen LogP contribution in [0.2, 0.25) is 0 Å². The number of hydrogen-bond acceptors (Lipinski definition) is 3. The summed E-state index contributed by atoms with van der Waals surface area (Å²) in [5.41, 5.74) is 0.0868. The summed E-state index contributed by atoms with van der Waals surface area (Å²) in [4.78, 5) is 24.1. The molecule has 1 unspecified atom stereocenters. The van der Waals surface area contributed by atoms with Crippen LogP contribution < -0.4 is 0 Å². The van der Waals surface area contributed by atoms with Gasteiger partial charge in [-0.2, -0.15) is 0 Å². The Morgan fingerprint density at radius 1 is 1.29 bits per heavy atom. The minimum absolute atomic E-state index is 0.120. The summed E-state index contributed by atoms with van der Waals surface area (Å²) in [5.74, 6) is -1.83. The van der Waals surface area contributed by atoms with E-state index in [0.717, 1.165) is 11.1 Å². The Balaban J connectivity index is 3.13. The minimum atomic E-state index is -1.56. The van der Waals surface area contributed by atoms with Gasteiger partial charge < -0.3 is 9.84 Å². The number of carbonyl (C=O) groups excluding carboxylic acids is 1. The summed E-state index contributed by atoms with van der Waals surface area (Å²) in [6.45, 7) is 7.44. The van der Waals surface area contributed by atoms with Gasteiger partial charge in [0.05, 0.1) is 6.61 Å². The van der Waals surface area contributed by atoms with Crippen LogP contribution in [0.1, 0.15) is 32.3 Å². The molecule has 0 saturated heterocycles. The monoisotopic (exact) mass is 290 g/mol. The molecule has 1 rings (SSSR count). The highest BCUT2D eigenvalue weighted by atomic mass is 16.5. The number of hydrogen-bond donors (Lipinski definition) is 1. The smallest absolute Gasteiger partial charge is 0.323 e. The van der Waals surface area contributed by atoms with Gasteiger partial charge >= 0.3 is 11.9 Å². The highest BCUT2D eigenvalue weighted by Gasteiger charge is 2.47. The fourth-order valence-electron chi connectivity index (χ4n) is 2.17. The van der Waals surface area contributed by atoms with Crippen LogP contribution in [0.5, 0.6) is 0 Å². The molecule has 0 aliphatic heterocycles. The van der Waals surface area contributed by atoms with E-state index in [1.54, 1.807) is 6.92 Å². The minimum Gasteiger partial charge on any atom is -0.480 e. The molecule has 1 aromatic carbocycles. The van der Waals surface area contributed by atoms with Gasteiger partial charge in [0.1, 0.15) is 0 Å². The highest BCUT2D eigenvalue weighted by molar-refractivity contribution is 5.99. The fourth-order valence-corrected chi connectivity index (χ4v) is 2.17. The van der Waals surface area contributed by atoms with Gasteiger partial charge in [0.15, 0.2) is 5.41 Å². The Labute approximate surface area is 125 Å². The van der Waals surface area contributed by atoms with Crippen molar-refractivity contribution in [3.8, 4) is 0 Å². The van der Waals surface area contributed by atoms with Gasteiger partial charge in [-0.05, 0) is 38.7 Å². The molecule has 0 spiro atoms. The molecule has 21 heavy (non-hydrogen) atoms. The molecular formula is C17H22O4. The van der Waals surface area contributed by atoms with E-state index in [1.165, 1.54) is 0 Å². The second-order valence-electron chi connectivity index (χ2n) is 5.23. The van der Waals surface area contributed by atoms with Crippen LogP contribution in [0.25, 0.3) is 0 Å². The standard InChI is InChI=1S/C17H22O4/c1-4-21-16(20)17(15(18)19,11-10-13(2)3)12-14-8-6-5-7-9-14/h5-9H,2,4,10-12H2,1,3H3,(H,18,19). The lowest BCUT2D eigenvalue weighted by atomic mass is 9.77. The molecule has 0 aliphatic carbocycles. The Morgan fingerprint density at radius 2 is 1.90 bits per heavy atom. The molecule has 4 heteroatoms. The topological polar surface area (TPSA) is 63.6 Å². The van der Waals surface area contributed by atoms with Gasteiger partial charge in [0.25, 0.3) is 0 Å². The molecule has 0 saturated carbocycles. The average Bonchev–Trinajstić information content (AvgIpc) is 2.44. The maximum Gasteiger partial charge on any atom is 0.323 e. The molecule has 4 nitrogen and oxygen atoms in total. The van der Waals surface area contributed by atoms with E-state index in [-0.39, 0.29) is 19.4 Å². The van der Waals surface area contributed by atoms with Gasteiger partial charge in [0, 0.05) is 0 Å². The number of aliphatic carboxylic acids is 1. The third-order valence-corrected chi connectivity index (χ3v) is 3.40. The number of ether oxygens (including phenoxy) is 1. The fraction of sp³-hybridized carbons (Fsp3) is 0.412. The van der Waals surface area contributed by atoms with Crippen molar-refractivity contribution in [1.29, 1.82) is 0 Å². The van der Waals surface area contributed by atoms with E-state index in [1.807, 2.05) is 37.3 Å². The second kappa shape index (κ2) is 7.62. The van der Waals surface area contributed by atoms with Crippen molar-refractivity contribution in [2.75, 3.05) is 6.61 Å². The van der Waals surface area contributed by atoms with Gasteiger partial charge in [-0.25, -0.2) is 0 Å². The summed E-state index contributed by atoms with van der Waals surface area (Å²) in [6, 6.07) is 9.14. The normalized spacial score (nSPS) is 13.2. The van der Waals surface area contributed by atoms with Crippen molar-refractivity contribution in [2.45, 2.75) is 33.1 Å². The predicted octanol–water partition coefficient (Wildman–Crippen LogP) is 3.22. The molecule has 0 radical (unpaired) electrons. The summed E-state index contributed by atoms with van der Waals surface area (Å²) in [6.07, 6.45) is 0.776. The van der Waals surface area contributed by atoms with Crippen LogP contribution >= 0.6 is 0 Å². The lowest BCUT2D eigenvalue weighted by molar-refractivity contribution is -0.169. The highest BCUT2D eigenvalue weighted by Crippen LogP contribution is 2.32. The average molecular weight is 290 g/mol. The first-order valence-electron chi connectivity index (χ1n) is 7.01. The Kier molecular flexibility index (Phi) is 6.15. The van der Waals surface area contributed by atoms with Gasteiger partial charge in [0.2, 0.25) is 0 Å². The molecular weight excluding hydrogens is 268 g/mol. The molecule has 0 bridgehead atoms. The van der Waals surface area contributed by atoms with Gasteiger partial charge in [-0.1, -0.05) is 35.9 Å². The molecule has 0 heterocycles. The zero-order valence-electron chi connectivity index (χ0n) is 12.6. The number of carboxylic acids is 1. The van der Waals surface area contributed by atoms with E-state index in [0.29, 0.717) is 6.42 Å². The van der Waals surface area contributed by atoms with Gasteiger partial charge in [-0.15, -0.1) is 6.58 Å². The van der Waals surface area contributed by atoms with E-state index in [9.17, 15) is 14.7 Å². The maximum absolute atomic E-state index is 12.3. The summed E-state index contributed by atoms with van der Waals surface area (Å²) in [7, 11) is 0. The number of rotatable bonds is 8. The van der Waals surface area contributed by atoms with E-state index >= 15 is 0 Å². The van der Waals surface area contributed by atoms with Gasteiger partial charge in [-0.3, -0.25) is 9.59 Å². The molecule has 114 valence electrons. The number of benzene rings is 1. The zero-order chi connectivity index (χ0) is 15.9. The molecule has 0 aromatic heterocycles. The van der Waals surface area contributed by atoms with Crippen LogP contribution in [0.15, 0.2) is 42.5 Å². The van der Waals surface area contributed by atoms with E-state index in [4.69, 9.17) is 4.74 Å². The van der Waals surface area contributed by atoms with Crippen molar-refractivity contribution in [2.24, 2.45) is 5.41 Å². The third kappa shape index (κ3) is 4.45. The van der Waals surface area contributed by atoms with Crippen molar-refractivity contribution in [3.63, 3.8) is 0 Å². The maximum atomic E-state index is 12.3. The Hall–Kier alpha value is -2.10. The molecule has 1 aromatic rings. The predicted molar refractivity (Wildman–Crippen MR) is 80.9 cm³/mol. The van der Waals surface area contributed by atoms with Crippen molar-refractivity contribution in [3.05, 3.63) is 48.0 Å². The van der Waals surface area contributed by atoms with E-state index in [2.05, 4.69) is 6.58 Å². The number of esters is 1. The number of carboxylic acid groups (broad SMARTS) is 1. The van der Waals surface area contributed by atoms with Crippen molar-refractivity contribution in [1.82, 2.24) is 0 Å². The first-order valence-corrected chi connectivity index (χ1v) is 7.01. The van der Waals surface area contributed by atoms with E-state index < -0.39 is 17.4 Å². The third-order valence-electron chi connectivity index (χ3n) is 3.40. The number of carbonyl (C=O) groups is 2. The summed E-state index contributed by atoms with van der Waals surface area (Å²) >= 11 is 0. The van der Waals surface area contributed by atoms with Crippen molar-refractivity contribution >= 4 is 11.9 Å². The van der Waals surface area contributed by atoms with Crippen LogP contribution in [0.4, 0.5) is 0 Å². The molecule has 0 aliphatic rings. The number of allylic oxidation sites excluding steroid dienone is 1. The first kappa shape index (κ1) is 17.0.